The topological polar surface area (TPSA) is 91.2 Å². The van der Waals surface area contributed by atoms with Crippen molar-refractivity contribution in [3.05, 3.63) is 17.8 Å². The number of ether oxygens (including phenoxy) is 1. The molecule has 0 radical (unpaired) electrons. The van der Waals surface area contributed by atoms with E-state index in [4.69, 9.17) is 16.2 Å². The number of hydrogen-bond donors (Lipinski definition) is 2. The maximum atomic E-state index is 11.2. The molecule has 0 aliphatic rings. The SMILES string of the molecule is CCOC(=O)c1cc(N)ncc1N. The van der Waals surface area contributed by atoms with Crippen LogP contribution in [0, 0.1) is 0 Å². The van der Waals surface area contributed by atoms with Crippen LogP contribution < -0.4 is 11.5 Å². The van der Waals surface area contributed by atoms with Crippen LogP contribution in [0.3, 0.4) is 0 Å². The summed E-state index contributed by atoms with van der Waals surface area (Å²) in [6, 6.07) is 1.40. The van der Waals surface area contributed by atoms with Crippen LogP contribution in [0.15, 0.2) is 12.3 Å². The minimum atomic E-state index is -0.478. The number of rotatable bonds is 2. The van der Waals surface area contributed by atoms with E-state index in [9.17, 15) is 4.79 Å². The fourth-order valence-corrected chi connectivity index (χ4v) is 0.868. The summed E-state index contributed by atoms with van der Waals surface area (Å²) in [7, 11) is 0. The molecule has 0 aliphatic heterocycles. The molecule has 0 aromatic carbocycles. The minimum absolute atomic E-state index is 0.247. The second kappa shape index (κ2) is 3.75. The molecular formula is C8H11N3O2. The Hall–Kier alpha value is -1.78. The molecule has 1 aromatic heterocycles. The van der Waals surface area contributed by atoms with Crippen molar-refractivity contribution in [2.75, 3.05) is 18.1 Å². The summed E-state index contributed by atoms with van der Waals surface area (Å²) in [5.74, 6) is -0.230. The summed E-state index contributed by atoms with van der Waals surface area (Å²) < 4.78 is 4.76. The van der Waals surface area contributed by atoms with Gasteiger partial charge in [0.15, 0.2) is 0 Å². The zero-order chi connectivity index (χ0) is 9.84. The molecule has 0 unspecified atom stereocenters. The second-order valence-corrected chi connectivity index (χ2v) is 2.42. The number of hydrogen-bond acceptors (Lipinski definition) is 5. The molecule has 0 bridgehead atoms. The first-order chi connectivity index (χ1) is 6.15. The highest BCUT2D eigenvalue weighted by molar-refractivity contribution is 5.95. The van der Waals surface area contributed by atoms with E-state index in [2.05, 4.69) is 4.98 Å². The van der Waals surface area contributed by atoms with Crippen LogP contribution in [0.1, 0.15) is 17.3 Å². The molecule has 13 heavy (non-hydrogen) atoms. The van der Waals surface area contributed by atoms with Gasteiger partial charge in [-0.1, -0.05) is 0 Å². The average molecular weight is 181 g/mol. The highest BCUT2D eigenvalue weighted by atomic mass is 16.5. The summed E-state index contributed by atoms with van der Waals surface area (Å²) >= 11 is 0. The third kappa shape index (κ3) is 2.08. The molecule has 0 fully saturated rings. The van der Waals surface area contributed by atoms with Gasteiger partial charge in [-0.15, -0.1) is 0 Å². The van der Waals surface area contributed by atoms with Gasteiger partial charge >= 0.3 is 5.97 Å². The predicted octanol–water partition coefficient (Wildman–Crippen LogP) is 0.423. The molecule has 1 aromatic rings. The summed E-state index contributed by atoms with van der Waals surface area (Å²) in [4.78, 5) is 15.0. The molecule has 0 saturated carbocycles. The highest BCUT2D eigenvalue weighted by Gasteiger charge is 2.10. The Kier molecular flexibility index (Phi) is 2.69. The van der Waals surface area contributed by atoms with Gasteiger partial charge in [0.05, 0.1) is 24.1 Å². The van der Waals surface area contributed by atoms with Crippen LogP contribution in [0.5, 0.6) is 0 Å². The normalized spacial score (nSPS) is 9.62. The van der Waals surface area contributed by atoms with E-state index in [1.165, 1.54) is 12.3 Å². The number of esters is 1. The first-order valence-electron chi connectivity index (χ1n) is 3.83. The van der Waals surface area contributed by atoms with Crippen molar-refractivity contribution in [3.63, 3.8) is 0 Å². The monoisotopic (exact) mass is 181 g/mol. The van der Waals surface area contributed by atoms with Crippen molar-refractivity contribution in [3.8, 4) is 0 Å². The van der Waals surface area contributed by atoms with E-state index in [0.29, 0.717) is 6.61 Å². The zero-order valence-electron chi connectivity index (χ0n) is 7.28. The van der Waals surface area contributed by atoms with Crippen molar-refractivity contribution < 1.29 is 9.53 Å². The third-order valence-corrected chi connectivity index (χ3v) is 1.45. The van der Waals surface area contributed by atoms with Crippen molar-refractivity contribution >= 4 is 17.5 Å². The Morgan fingerprint density at radius 1 is 1.62 bits per heavy atom. The number of carbonyl (C=O) groups is 1. The number of carbonyl (C=O) groups excluding carboxylic acids is 1. The Morgan fingerprint density at radius 2 is 2.31 bits per heavy atom. The Bertz CT molecular complexity index is 325. The molecule has 4 N–H and O–H groups in total. The molecule has 0 amide bonds. The van der Waals surface area contributed by atoms with Crippen LogP contribution in [0.25, 0.3) is 0 Å². The summed E-state index contributed by atoms with van der Waals surface area (Å²) in [6.07, 6.45) is 1.33. The first kappa shape index (κ1) is 9.31. The lowest BCUT2D eigenvalue weighted by Gasteiger charge is -2.04. The molecule has 0 spiro atoms. The Morgan fingerprint density at radius 3 is 2.92 bits per heavy atom. The van der Waals surface area contributed by atoms with Crippen LogP contribution in [0.2, 0.25) is 0 Å². The molecule has 0 atom stereocenters. The average Bonchev–Trinajstić information content (AvgIpc) is 2.09. The lowest BCUT2D eigenvalue weighted by atomic mass is 10.2. The highest BCUT2D eigenvalue weighted by Crippen LogP contribution is 2.13. The van der Waals surface area contributed by atoms with Crippen molar-refractivity contribution in [2.45, 2.75) is 6.92 Å². The molecule has 0 saturated heterocycles. The zero-order valence-corrected chi connectivity index (χ0v) is 7.28. The third-order valence-electron chi connectivity index (χ3n) is 1.45. The van der Waals surface area contributed by atoms with Gasteiger partial charge in [-0.05, 0) is 13.0 Å². The Labute approximate surface area is 75.7 Å². The number of nitrogens with zero attached hydrogens (tertiary/aromatic N) is 1. The van der Waals surface area contributed by atoms with Crippen molar-refractivity contribution in [2.24, 2.45) is 0 Å². The van der Waals surface area contributed by atoms with Crippen LogP contribution in [0.4, 0.5) is 11.5 Å². The van der Waals surface area contributed by atoms with Gasteiger partial charge in [0, 0.05) is 0 Å². The van der Waals surface area contributed by atoms with Gasteiger partial charge in [-0.25, -0.2) is 9.78 Å². The van der Waals surface area contributed by atoms with E-state index in [1.54, 1.807) is 6.92 Å². The molecule has 5 nitrogen and oxygen atoms in total. The van der Waals surface area contributed by atoms with Crippen LogP contribution in [-0.2, 0) is 4.74 Å². The predicted molar refractivity (Wildman–Crippen MR) is 49.0 cm³/mol. The van der Waals surface area contributed by atoms with Gasteiger partial charge < -0.3 is 16.2 Å². The van der Waals surface area contributed by atoms with Gasteiger partial charge in [-0.3, -0.25) is 0 Å². The number of nitrogens with two attached hydrogens (primary N) is 2. The van der Waals surface area contributed by atoms with E-state index in [-0.39, 0.29) is 17.1 Å². The van der Waals surface area contributed by atoms with Gasteiger partial charge in [0.2, 0.25) is 0 Å². The molecule has 5 heteroatoms. The maximum Gasteiger partial charge on any atom is 0.340 e. The number of nitrogen functional groups attached to an aromatic ring is 2. The summed E-state index contributed by atoms with van der Waals surface area (Å²) in [5, 5.41) is 0. The van der Waals surface area contributed by atoms with Gasteiger partial charge in [-0.2, -0.15) is 0 Å². The van der Waals surface area contributed by atoms with Crippen molar-refractivity contribution in [1.82, 2.24) is 4.98 Å². The standard InChI is InChI=1S/C8H11N3O2/c1-2-13-8(12)5-3-7(10)11-4-6(5)9/h3-4H,2,9H2,1H3,(H2,10,11). The van der Waals surface area contributed by atoms with Crippen molar-refractivity contribution in [1.29, 1.82) is 0 Å². The largest absolute Gasteiger partial charge is 0.462 e. The molecule has 1 rings (SSSR count). The van der Waals surface area contributed by atoms with Gasteiger partial charge in [0.25, 0.3) is 0 Å². The molecule has 70 valence electrons. The lowest BCUT2D eigenvalue weighted by molar-refractivity contribution is 0.0527. The first-order valence-corrected chi connectivity index (χ1v) is 3.83. The van der Waals surface area contributed by atoms with E-state index in [1.807, 2.05) is 0 Å². The number of pyridine rings is 1. The lowest BCUT2D eigenvalue weighted by Crippen LogP contribution is -2.09. The fourth-order valence-electron chi connectivity index (χ4n) is 0.868. The molecular weight excluding hydrogens is 170 g/mol. The van der Waals surface area contributed by atoms with Crippen LogP contribution in [-0.4, -0.2) is 17.6 Å². The molecule has 1 heterocycles. The summed E-state index contributed by atoms with van der Waals surface area (Å²) in [5.41, 5.74) is 11.4. The maximum absolute atomic E-state index is 11.2. The quantitative estimate of drug-likeness (QED) is 0.645. The van der Waals surface area contributed by atoms with E-state index < -0.39 is 5.97 Å². The Balaban J connectivity index is 2.99. The number of aromatic nitrogens is 1. The minimum Gasteiger partial charge on any atom is -0.462 e. The van der Waals surface area contributed by atoms with Gasteiger partial charge in [0.1, 0.15) is 5.82 Å². The number of anilines is 2. The van der Waals surface area contributed by atoms with Crippen LogP contribution >= 0.6 is 0 Å². The second-order valence-electron chi connectivity index (χ2n) is 2.42. The smallest absolute Gasteiger partial charge is 0.340 e. The van der Waals surface area contributed by atoms with E-state index >= 15 is 0 Å². The van der Waals surface area contributed by atoms with E-state index in [0.717, 1.165) is 0 Å². The summed E-state index contributed by atoms with van der Waals surface area (Å²) in [6.45, 7) is 2.03. The fraction of sp³-hybridized carbons (Fsp3) is 0.250. The molecule has 0 aliphatic carbocycles.